The normalized spacial score (nSPS) is 27.6. The molecule has 0 aromatic carbocycles. The van der Waals surface area contributed by atoms with Crippen LogP contribution in [0, 0.1) is 11.8 Å². The number of rotatable bonds is 6. The molecule has 3 unspecified atom stereocenters. The molecular formula is C15H31N3O. The lowest BCUT2D eigenvalue weighted by atomic mass is 9.77. The molecule has 0 bridgehead atoms. The van der Waals surface area contributed by atoms with E-state index in [2.05, 4.69) is 18.7 Å². The molecular weight excluding hydrogens is 238 g/mol. The summed E-state index contributed by atoms with van der Waals surface area (Å²) in [6.45, 7) is 6.89. The van der Waals surface area contributed by atoms with Gasteiger partial charge in [0.1, 0.15) is 0 Å². The Labute approximate surface area is 118 Å². The summed E-state index contributed by atoms with van der Waals surface area (Å²) in [5.74, 6) is 0.792. The van der Waals surface area contributed by atoms with E-state index in [1.165, 1.54) is 0 Å². The fraction of sp³-hybridized carbons (Fsp3) is 0.933. The Bertz CT molecular complexity index is 281. The number of amides is 1. The number of nitrogens with zero attached hydrogens (tertiary/aromatic N) is 2. The van der Waals surface area contributed by atoms with Crippen molar-refractivity contribution in [3.05, 3.63) is 0 Å². The van der Waals surface area contributed by atoms with Gasteiger partial charge in [0.05, 0.1) is 5.92 Å². The lowest BCUT2D eigenvalue weighted by Crippen LogP contribution is -2.50. The zero-order valence-electron chi connectivity index (χ0n) is 13.1. The predicted octanol–water partition coefficient (Wildman–Crippen LogP) is 1.55. The van der Waals surface area contributed by atoms with Crippen molar-refractivity contribution in [3.8, 4) is 0 Å². The van der Waals surface area contributed by atoms with Crippen LogP contribution in [0.3, 0.4) is 0 Å². The van der Waals surface area contributed by atoms with Crippen LogP contribution in [-0.2, 0) is 4.79 Å². The average Bonchev–Trinajstić information content (AvgIpc) is 2.37. The Morgan fingerprint density at radius 1 is 1.21 bits per heavy atom. The van der Waals surface area contributed by atoms with Crippen molar-refractivity contribution in [2.24, 2.45) is 17.6 Å². The number of hydrogen-bond donors (Lipinski definition) is 1. The molecule has 1 fully saturated rings. The molecule has 4 nitrogen and oxygen atoms in total. The topological polar surface area (TPSA) is 49.6 Å². The average molecular weight is 269 g/mol. The first-order chi connectivity index (χ1) is 8.97. The van der Waals surface area contributed by atoms with E-state index in [-0.39, 0.29) is 17.9 Å². The van der Waals surface area contributed by atoms with Crippen LogP contribution in [-0.4, -0.2) is 55.5 Å². The molecule has 3 atom stereocenters. The van der Waals surface area contributed by atoms with Gasteiger partial charge in [0.15, 0.2) is 0 Å². The minimum atomic E-state index is 0.0393. The van der Waals surface area contributed by atoms with Gasteiger partial charge < -0.3 is 15.5 Å². The first-order valence-corrected chi connectivity index (χ1v) is 7.66. The number of nitrogens with two attached hydrogens (primary N) is 1. The van der Waals surface area contributed by atoms with E-state index in [0.717, 1.165) is 45.3 Å². The van der Waals surface area contributed by atoms with E-state index in [9.17, 15) is 4.79 Å². The summed E-state index contributed by atoms with van der Waals surface area (Å²) in [6, 6.07) is 0.0416. The number of hydrogen-bond acceptors (Lipinski definition) is 3. The van der Waals surface area contributed by atoms with Crippen LogP contribution < -0.4 is 5.73 Å². The van der Waals surface area contributed by atoms with Crippen LogP contribution in [0.15, 0.2) is 0 Å². The summed E-state index contributed by atoms with van der Waals surface area (Å²) in [5, 5.41) is 0. The second-order valence-electron chi connectivity index (χ2n) is 6.22. The molecule has 0 heterocycles. The van der Waals surface area contributed by atoms with E-state index in [0.29, 0.717) is 5.92 Å². The standard InChI is InChI=1S/C15H31N3O/c1-5-9-18(11-10-17(3)4)15(19)13-8-6-7-12(2)14(13)16/h12-14H,5-11,16H2,1-4H3. The van der Waals surface area contributed by atoms with Crippen LogP contribution >= 0.6 is 0 Å². The third kappa shape index (κ3) is 4.77. The van der Waals surface area contributed by atoms with Gasteiger partial charge in [0.25, 0.3) is 0 Å². The van der Waals surface area contributed by atoms with Gasteiger partial charge in [-0.3, -0.25) is 4.79 Å². The highest BCUT2D eigenvalue weighted by Gasteiger charge is 2.34. The molecule has 19 heavy (non-hydrogen) atoms. The summed E-state index contributed by atoms with van der Waals surface area (Å²) in [6.07, 6.45) is 4.28. The van der Waals surface area contributed by atoms with Crippen molar-refractivity contribution in [3.63, 3.8) is 0 Å². The number of likely N-dealkylation sites (N-methyl/N-ethyl adjacent to an activating group) is 1. The minimum Gasteiger partial charge on any atom is -0.341 e. The Kier molecular flexibility index (Phi) is 6.80. The Balaban J connectivity index is 2.63. The lowest BCUT2D eigenvalue weighted by molar-refractivity contribution is -0.138. The van der Waals surface area contributed by atoms with Crippen LogP contribution in [0.5, 0.6) is 0 Å². The maximum Gasteiger partial charge on any atom is 0.227 e. The zero-order valence-corrected chi connectivity index (χ0v) is 13.1. The van der Waals surface area contributed by atoms with Crippen molar-refractivity contribution < 1.29 is 4.79 Å². The smallest absolute Gasteiger partial charge is 0.227 e. The Morgan fingerprint density at radius 2 is 1.89 bits per heavy atom. The van der Waals surface area contributed by atoms with Crippen molar-refractivity contribution in [1.82, 2.24) is 9.80 Å². The Hall–Kier alpha value is -0.610. The second-order valence-corrected chi connectivity index (χ2v) is 6.22. The molecule has 0 radical (unpaired) electrons. The maximum atomic E-state index is 12.7. The quantitative estimate of drug-likeness (QED) is 0.796. The van der Waals surface area contributed by atoms with Gasteiger partial charge in [-0.15, -0.1) is 0 Å². The van der Waals surface area contributed by atoms with Gasteiger partial charge in [0, 0.05) is 25.7 Å². The largest absolute Gasteiger partial charge is 0.341 e. The van der Waals surface area contributed by atoms with Crippen LogP contribution in [0.25, 0.3) is 0 Å². The molecule has 112 valence electrons. The first-order valence-electron chi connectivity index (χ1n) is 7.66. The molecule has 1 rings (SSSR count). The van der Waals surface area contributed by atoms with Crippen LogP contribution in [0.1, 0.15) is 39.5 Å². The third-order valence-corrected chi connectivity index (χ3v) is 4.24. The second kappa shape index (κ2) is 7.85. The summed E-state index contributed by atoms with van der Waals surface area (Å²) >= 11 is 0. The summed E-state index contributed by atoms with van der Waals surface area (Å²) in [4.78, 5) is 16.8. The Morgan fingerprint density at radius 3 is 2.47 bits per heavy atom. The molecule has 0 aromatic rings. The van der Waals surface area contributed by atoms with E-state index < -0.39 is 0 Å². The molecule has 0 aliphatic heterocycles. The monoisotopic (exact) mass is 269 g/mol. The summed E-state index contributed by atoms with van der Waals surface area (Å²) < 4.78 is 0. The van der Waals surface area contributed by atoms with E-state index in [1.807, 2.05) is 19.0 Å². The van der Waals surface area contributed by atoms with Gasteiger partial charge in [-0.05, 0) is 39.3 Å². The van der Waals surface area contributed by atoms with Crippen LogP contribution in [0.2, 0.25) is 0 Å². The minimum absolute atomic E-state index is 0.0393. The van der Waals surface area contributed by atoms with Crippen molar-refractivity contribution in [2.75, 3.05) is 33.7 Å². The van der Waals surface area contributed by atoms with Gasteiger partial charge >= 0.3 is 0 Å². The SMILES string of the molecule is CCCN(CCN(C)C)C(=O)C1CCCC(C)C1N. The van der Waals surface area contributed by atoms with Gasteiger partial charge in [-0.2, -0.15) is 0 Å². The van der Waals surface area contributed by atoms with Crippen molar-refractivity contribution in [1.29, 1.82) is 0 Å². The molecule has 1 aliphatic rings. The molecule has 0 spiro atoms. The van der Waals surface area contributed by atoms with E-state index >= 15 is 0 Å². The number of carbonyl (C=O) groups is 1. The fourth-order valence-corrected chi connectivity index (χ4v) is 2.89. The van der Waals surface area contributed by atoms with Gasteiger partial charge in [0.2, 0.25) is 5.91 Å². The molecule has 0 aromatic heterocycles. The van der Waals surface area contributed by atoms with Crippen molar-refractivity contribution in [2.45, 2.75) is 45.6 Å². The highest BCUT2D eigenvalue weighted by atomic mass is 16.2. The first kappa shape index (κ1) is 16.4. The van der Waals surface area contributed by atoms with Gasteiger partial charge in [-0.1, -0.05) is 20.3 Å². The molecule has 1 aliphatic carbocycles. The summed E-state index contributed by atoms with van der Waals surface area (Å²) in [7, 11) is 4.09. The highest BCUT2D eigenvalue weighted by Crippen LogP contribution is 2.29. The molecule has 1 saturated carbocycles. The highest BCUT2D eigenvalue weighted by molar-refractivity contribution is 5.79. The molecule has 2 N–H and O–H groups in total. The summed E-state index contributed by atoms with van der Waals surface area (Å²) in [5.41, 5.74) is 6.26. The zero-order chi connectivity index (χ0) is 14.4. The maximum absolute atomic E-state index is 12.7. The molecule has 1 amide bonds. The van der Waals surface area contributed by atoms with Crippen molar-refractivity contribution >= 4 is 5.91 Å². The predicted molar refractivity (Wildman–Crippen MR) is 79.9 cm³/mol. The van der Waals surface area contributed by atoms with Crippen LogP contribution in [0.4, 0.5) is 0 Å². The number of carbonyl (C=O) groups excluding carboxylic acids is 1. The molecule has 4 heteroatoms. The van der Waals surface area contributed by atoms with Gasteiger partial charge in [-0.25, -0.2) is 0 Å². The fourth-order valence-electron chi connectivity index (χ4n) is 2.89. The third-order valence-electron chi connectivity index (χ3n) is 4.24. The lowest BCUT2D eigenvalue weighted by Gasteiger charge is -2.36. The van der Waals surface area contributed by atoms with E-state index in [4.69, 9.17) is 5.73 Å². The molecule has 0 saturated heterocycles. The van der Waals surface area contributed by atoms with E-state index in [1.54, 1.807) is 0 Å².